The van der Waals surface area contributed by atoms with Gasteiger partial charge in [0, 0.05) is 42.2 Å². The number of thiazole rings is 1. The minimum atomic E-state index is -0.0746. The molecule has 116 valence electrons. The first-order valence-electron chi connectivity index (χ1n) is 6.78. The molecule has 3 rings (SSSR count). The van der Waals surface area contributed by atoms with Crippen LogP contribution in [0.3, 0.4) is 0 Å². The Morgan fingerprint density at radius 1 is 1.32 bits per heavy atom. The van der Waals surface area contributed by atoms with Crippen molar-refractivity contribution >= 4 is 51.7 Å². The van der Waals surface area contributed by atoms with Gasteiger partial charge in [-0.3, -0.25) is 4.79 Å². The summed E-state index contributed by atoms with van der Waals surface area (Å²) < 4.78 is 0. The number of nitrogens with one attached hydrogen (secondary N) is 1. The zero-order chi connectivity index (χ0) is 15.2. The van der Waals surface area contributed by atoms with Crippen molar-refractivity contribution in [1.82, 2.24) is 15.0 Å². The second-order valence-electron chi connectivity index (χ2n) is 4.49. The van der Waals surface area contributed by atoms with Crippen molar-refractivity contribution < 1.29 is 4.79 Å². The van der Waals surface area contributed by atoms with Crippen LogP contribution in [-0.2, 0) is 4.79 Å². The quantitative estimate of drug-likeness (QED) is 0.653. The van der Waals surface area contributed by atoms with Gasteiger partial charge in [0.2, 0.25) is 5.91 Å². The molecule has 3 heterocycles. The molecule has 0 unspecified atom stereocenters. The van der Waals surface area contributed by atoms with E-state index in [9.17, 15) is 4.79 Å². The summed E-state index contributed by atoms with van der Waals surface area (Å²) in [5.41, 5.74) is 0. The van der Waals surface area contributed by atoms with Crippen LogP contribution >= 0.6 is 34.9 Å². The molecule has 0 spiro atoms. The predicted octanol–water partition coefficient (Wildman–Crippen LogP) is 2.22. The molecule has 22 heavy (non-hydrogen) atoms. The van der Waals surface area contributed by atoms with Gasteiger partial charge in [-0.25, -0.2) is 15.0 Å². The molecule has 1 aliphatic rings. The summed E-state index contributed by atoms with van der Waals surface area (Å²) in [5.74, 6) is 3.43. The van der Waals surface area contributed by atoms with E-state index in [-0.39, 0.29) is 5.91 Å². The number of anilines is 2. The van der Waals surface area contributed by atoms with E-state index in [4.69, 9.17) is 0 Å². The smallest absolute Gasteiger partial charge is 0.236 e. The zero-order valence-electron chi connectivity index (χ0n) is 11.8. The van der Waals surface area contributed by atoms with E-state index in [1.165, 1.54) is 23.1 Å². The van der Waals surface area contributed by atoms with Crippen LogP contribution in [0.2, 0.25) is 0 Å². The minimum absolute atomic E-state index is 0.0746. The molecule has 0 radical (unpaired) electrons. The summed E-state index contributed by atoms with van der Waals surface area (Å²) in [6.45, 7) is 2.02. The second-order valence-corrected chi connectivity index (χ2v) is 7.60. The average molecular weight is 353 g/mol. The van der Waals surface area contributed by atoms with Crippen LogP contribution in [0.25, 0.3) is 0 Å². The monoisotopic (exact) mass is 353 g/mol. The highest BCUT2D eigenvalue weighted by Crippen LogP contribution is 2.22. The van der Waals surface area contributed by atoms with E-state index in [1.807, 2.05) is 23.2 Å². The van der Waals surface area contributed by atoms with Crippen LogP contribution in [0.1, 0.15) is 0 Å². The summed E-state index contributed by atoms with van der Waals surface area (Å²) in [4.78, 5) is 26.7. The molecule has 1 saturated heterocycles. The molecule has 0 bridgehead atoms. The first-order chi connectivity index (χ1) is 10.8. The molecule has 0 saturated carbocycles. The van der Waals surface area contributed by atoms with Crippen molar-refractivity contribution in [2.45, 2.75) is 5.03 Å². The van der Waals surface area contributed by atoms with Gasteiger partial charge in [-0.05, 0) is 0 Å². The molecule has 1 aliphatic heterocycles. The van der Waals surface area contributed by atoms with Crippen molar-refractivity contribution in [3.05, 3.63) is 24.0 Å². The summed E-state index contributed by atoms with van der Waals surface area (Å²) >= 11 is 4.78. The van der Waals surface area contributed by atoms with Crippen molar-refractivity contribution in [3.8, 4) is 0 Å². The van der Waals surface area contributed by atoms with Gasteiger partial charge in [-0.2, -0.15) is 11.8 Å². The van der Waals surface area contributed by atoms with Crippen molar-refractivity contribution in [2.75, 3.05) is 40.6 Å². The molecular weight excluding hydrogens is 338 g/mol. The lowest BCUT2D eigenvalue weighted by Gasteiger charge is -2.27. The van der Waals surface area contributed by atoms with E-state index in [2.05, 4.69) is 25.2 Å². The molecule has 0 aliphatic carbocycles. The van der Waals surface area contributed by atoms with Gasteiger partial charge in [0.05, 0.1) is 5.75 Å². The SMILES string of the molecule is O=C(CSc1cc(N2CCSCC2)ncn1)Nc1nccs1. The molecule has 1 fully saturated rings. The number of carbonyl (C=O) groups is 1. The van der Waals surface area contributed by atoms with Gasteiger partial charge in [-0.15, -0.1) is 11.3 Å². The highest BCUT2D eigenvalue weighted by Gasteiger charge is 2.13. The predicted molar refractivity (Wildman–Crippen MR) is 93.0 cm³/mol. The lowest BCUT2D eigenvalue weighted by Crippen LogP contribution is -2.33. The van der Waals surface area contributed by atoms with E-state index in [0.29, 0.717) is 10.9 Å². The van der Waals surface area contributed by atoms with E-state index in [0.717, 1.165) is 35.4 Å². The number of hydrogen-bond donors (Lipinski definition) is 1. The molecule has 2 aromatic heterocycles. The number of thioether (sulfide) groups is 2. The van der Waals surface area contributed by atoms with Crippen LogP contribution in [-0.4, -0.2) is 51.2 Å². The van der Waals surface area contributed by atoms with Crippen LogP contribution in [0.4, 0.5) is 10.9 Å². The maximum absolute atomic E-state index is 11.8. The maximum Gasteiger partial charge on any atom is 0.236 e. The molecule has 2 aromatic rings. The second kappa shape index (κ2) is 7.80. The lowest BCUT2D eigenvalue weighted by molar-refractivity contribution is -0.113. The maximum atomic E-state index is 11.8. The van der Waals surface area contributed by atoms with Crippen LogP contribution in [0.15, 0.2) is 29.0 Å². The number of carbonyl (C=O) groups excluding carboxylic acids is 1. The minimum Gasteiger partial charge on any atom is -0.355 e. The summed E-state index contributed by atoms with van der Waals surface area (Å²) in [7, 11) is 0. The first kappa shape index (κ1) is 15.6. The Bertz CT molecular complexity index is 616. The molecule has 1 N–H and O–H groups in total. The Labute approximate surface area is 141 Å². The molecule has 6 nitrogen and oxygen atoms in total. The Morgan fingerprint density at radius 2 is 2.18 bits per heavy atom. The van der Waals surface area contributed by atoms with Gasteiger partial charge in [0.25, 0.3) is 0 Å². The van der Waals surface area contributed by atoms with Crippen molar-refractivity contribution in [1.29, 1.82) is 0 Å². The topological polar surface area (TPSA) is 71.0 Å². The third-order valence-electron chi connectivity index (χ3n) is 2.99. The number of aromatic nitrogens is 3. The van der Waals surface area contributed by atoms with E-state index in [1.54, 1.807) is 12.5 Å². The molecule has 0 aromatic carbocycles. The molecule has 0 atom stereocenters. The summed E-state index contributed by atoms with van der Waals surface area (Å²) in [6, 6.07) is 1.96. The van der Waals surface area contributed by atoms with Crippen molar-refractivity contribution in [2.24, 2.45) is 0 Å². The van der Waals surface area contributed by atoms with Gasteiger partial charge in [0.1, 0.15) is 17.2 Å². The number of nitrogens with zero attached hydrogens (tertiary/aromatic N) is 4. The highest BCUT2D eigenvalue weighted by atomic mass is 32.2. The molecular formula is C13H15N5OS3. The number of rotatable bonds is 5. The Hall–Kier alpha value is -1.32. The Morgan fingerprint density at radius 3 is 2.95 bits per heavy atom. The first-order valence-corrected chi connectivity index (χ1v) is 9.80. The van der Waals surface area contributed by atoms with Crippen LogP contribution in [0.5, 0.6) is 0 Å². The van der Waals surface area contributed by atoms with E-state index >= 15 is 0 Å². The molecule has 1 amide bonds. The fourth-order valence-corrected chi connectivity index (χ4v) is 4.06. The molecule has 9 heteroatoms. The average Bonchev–Trinajstić information content (AvgIpc) is 3.07. The van der Waals surface area contributed by atoms with Gasteiger partial charge < -0.3 is 10.2 Å². The van der Waals surface area contributed by atoms with Gasteiger partial charge >= 0.3 is 0 Å². The third-order valence-corrected chi connectivity index (χ3v) is 5.55. The summed E-state index contributed by atoms with van der Waals surface area (Å²) in [5, 5.41) is 6.03. The van der Waals surface area contributed by atoms with Gasteiger partial charge in [0.15, 0.2) is 5.13 Å². The van der Waals surface area contributed by atoms with Gasteiger partial charge in [-0.1, -0.05) is 11.8 Å². The third kappa shape index (κ3) is 4.34. The normalized spacial score (nSPS) is 14.8. The Balaban J connectivity index is 1.54. The zero-order valence-corrected chi connectivity index (χ0v) is 14.2. The number of hydrogen-bond acceptors (Lipinski definition) is 8. The van der Waals surface area contributed by atoms with Crippen LogP contribution < -0.4 is 10.2 Å². The van der Waals surface area contributed by atoms with Crippen LogP contribution in [0, 0.1) is 0 Å². The highest BCUT2D eigenvalue weighted by molar-refractivity contribution is 8.00. The fourth-order valence-electron chi connectivity index (χ4n) is 1.95. The van der Waals surface area contributed by atoms with Crippen molar-refractivity contribution in [3.63, 3.8) is 0 Å². The Kier molecular flexibility index (Phi) is 5.52. The van der Waals surface area contributed by atoms with E-state index < -0.39 is 0 Å². The fraction of sp³-hybridized carbons (Fsp3) is 0.385. The largest absolute Gasteiger partial charge is 0.355 e. The lowest BCUT2D eigenvalue weighted by atomic mass is 10.4. The standard InChI is InChI=1S/C13H15N5OS3/c19-11(17-13-14-1-4-21-13)8-22-12-7-10(15-9-16-12)18-2-5-20-6-3-18/h1,4,7,9H,2-3,5-6,8H2,(H,14,17,19). The summed E-state index contributed by atoms with van der Waals surface area (Å²) in [6.07, 6.45) is 3.24. The number of amides is 1.